The van der Waals surface area contributed by atoms with E-state index in [0.29, 0.717) is 5.02 Å². The van der Waals surface area contributed by atoms with Crippen LogP contribution in [-0.2, 0) is 16.2 Å². The molecule has 1 amide bonds. The Balaban J connectivity index is 2.11. The molecule has 0 atom stereocenters. The average Bonchev–Trinajstić information content (AvgIpc) is 3.05. The van der Waals surface area contributed by atoms with Gasteiger partial charge in [0.15, 0.2) is 0 Å². The van der Waals surface area contributed by atoms with E-state index in [2.05, 4.69) is 4.99 Å². The number of aliphatic imine (C=N–C) groups is 1. The predicted octanol–water partition coefficient (Wildman–Crippen LogP) is 4.62. The van der Waals surface area contributed by atoms with Gasteiger partial charge in [-0.1, -0.05) is 29.8 Å². The van der Waals surface area contributed by atoms with Crippen LogP contribution in [0.2, 0.25) is 5.02 Å². The summed E-state index contributed by atoms with van der Waals surface area (Å²) in [4.78, 5) is 22.4. The van der Waals surface area contributed by atoms with E-state index in [9.17, 15) is 4.79 Å². The summed E-state index contributed by atoms with van der Waals surface area (Å²) in [6, 6.07) is 9.45. The van der Waals surface area contributed by atoms with Crippen molar-refractivity contribution >= 4 is 40.7 Å². The minimum atomic E-state index is -0.231. The zero-order chi connectivity index (χ0) is 16.7. The number of hydrogen-bond acceptors (Lipinski definition) is 4. The molecule has 0 saturated carbocycles. The number of hydrogen-bond donors (Lipinski definition) is 0. The normalized spacial score (nSPS) is 11.4. The predicted molar refractivity (Wildman–Crippen MR) is 95.4 cm³/mol. The van der Waals surface area contributed by atoms with Crippen LogP contribution in [0.15, 0.2) is 52.9 Å². The molecule has 1 heterocycles. The summed E-state index contributed by atoms with van der Waals surface area (Å²) >= 11 is 7.91. The number of carbonyl (C=O) groups excluding carboxylic acids is 1. The highest BCUT2D eigenvalue weighted by atomic mass is 35.5. The number of hydroxylamine groups is 2. The molecule has 0 saturated heterocycles. The van der Waals surface area contributed by atoms with E-state index in [0.717, 1.165) is 16.1 Å². The van der Waals surface area contributed by atoms with Gasteiger partial charge in [-0.25, -0.2) is 5.06 Å². The lowest BCUT2D eigenvalue weighted by molar-refractivity contribution is -0.173. The van der Waals surface area contributed by atoms with Gasteiger partial charge in [0.05, 0.1) is 19.3 Å². The molecule has 0 aliphatic heterocycles. The van der Waals surface area contributed by atoms with Crippen molar-refractivity contribution in [1.29, 1.82) is 0 Å². The van der Waals surface area contributed by atoms with E-state index in [1.54, 1.807) is 36.6 Å². The molecule has 0 spiro atoms. The molecule has 1 aromatic carbocycles. The first-order chi connectivity index (χ1) is 11.1. The molecule has 23 heavy (non-hydrogen) atoms. The van der Waals surface area contributed by atoms with Crippen LogP contribution in [0.5, 0.6) is 0 Å². The number of amides is 1. The van der Waals surface area contributed by atoms with Gasteiger partial charge in [0.1, 0.15) is 0 Å². The third-order valence-electron chi connectivity index (χ3n) is 3.01. The minimum Gasteiger partial charge on any atom is -0.274 e. The monoisotopic (exact) mass is 348 g/mol. The largest absolute Gasteiger partial charge is 0.274 e. The highest BCUT2D eigenvalue weighted by molar-refractivity contribution is 7.11. The Labute approximate surface area is 144 Å². The van der Waals surface area contributed by atoms with Crippen molar-refractivity contribution in [3.63, 3.8) is 0 Å². The van der Waals surface area contributed by atoms with Gasteiger partial charge in [-0.05, 0) is 36.1 Å². The first-order valence-corrected chi connectivity index (χ1v) is 8.24. The molecule has 120 valence electrons. The summed E-state index contributed by atoms with van der Waals surface area (Å²) in [7, 11) is 1.45. The van der Waals surface area contributed by atoms with Gasteiger partial charge in [-0.2, -0.15) is 0 Å². The minimum absolute atomic E-state index is 0.231. The summed E-state index contributed by atoms with van der Waals surface area (Å²) in [5.74, 6) is -0.231. The Bertz CT molecular complexity index is 711. The maximum Gasteiger partial charge on any atom is 0.270 e. The van der Waals surface area contributed by atoms with Crippen molar-refractivity contribution in [1.82, 2.24) is 5.06 Å². The topological polar surface area (TPSA) is 41.9 Å². The quantitative estimate of drug-likeness (QED) is 0.434. The van der Waals surface area contributed by atoms with Gasteiger partial charge < -0.3 is 0 Å². The Morgan fingerprint density at radius 2 is 2.26 bits per heavy atom. The number of thiophene rings is 1. The molecule has 0 bridgehead atoms. The van der Waals surface area contributed by atoms with E-state index < -0.39 is 0 Å². The van der Waals surface area contributed by atoms with Crippen molar-refractivity contribution in [3.05, 3.63) is 63.3 Å². The molecule has 2 rings (SSSR count). The smallest absolute Gasteiger partial charge is 0.270 e. The summed E-state index contributed by atoms with van der Waals surface area (Å²) in [6.07, 6.45) is 4.91. The van der Waals surface area contributed by atoms with Gasteiger partial charge in [0, 0.05) is 22.2 Å². The molecule has 2 aromatic rings. The Hall–Kier alpha value is -1.95. The fourth-order valence-electron chi connectivity index (χ4n) is 1.86. The number of nitrogens with zero attached hydrogens (tertiary/aromatic N) is 2. The van der Waals surface area contributed by atoms with Crippen molar-refractivity contribution < 1.29 is 9.63 Å². The number of halogens is 1. The van der Waals surface area contributed by atoms with Crippen molar-refractivity contribution in [2.45, 2.75) is 13.5 Å². The SMILES string of the molecule is C/C=C/C(=O)N(Cc1ccc(N=Cc2cccs2)cc1Cl)OC. The molecule has 0 aliphatic carbocycles. The molecule has 0 fully saturated rings. The van der Waals surface area contributed by atoms with Crippen LogP contribution in [0.1, 0.15) is 17.4 Å². The summed E-state index contributed by atoms with van der Waals surface area (Å²) in [5.41, 5.74) is 1.55. The Morgan fingerprint density at radius 1 is 1.43 bits per heavy atom. The Morgan fingerprint density at radius 3 is 2.87 bits per heavy atom. The molecular weight excluding hydrogens is 332 g/mol. The van der Waals surface area contributed by atoms with Gasteiger partial charge in [-0.3, -0.25) is 14.6 Å². The van der Waals surface area contributed by atoms with Crippen LogP contribution in [0, 0.1) is 0 Å². The maximum atomic E-state index is 11.8. The van der Waals surface area contributed by atoms with Gasteiger partial charge in [0.2, 0.25) is 0 Å². The highest BCUT2D eigenvalue weighted by Gasteiger charge is 2.12. The lowest BCUT2D eigenvalue weighted by Gasteiger charge is -2.18. The van der Waals surface area contributed by atoms with Crippen LogP contribution in [0.25, 0.3) is 0 Å². The molecule has 6 heteroatoms. The molecule has 0 N–H and O–H groups in total. The number of benzene rings is 1. The second-order valence-electron chi connectivity index (χ2n) is 4.61. The van der Waals surface area contributed by atoms with Gasteiger partial charge in [0.25, 0.3) is 5.91 Å². The number of carbonyl (C=O) groups is 1. The van der Waals surface area contributed by atoms with Crippen LogP contribution < -0.4 is 0 Å². The lowest BCUT2D eigenvalue weighted by Crippen LogP contribution is -2.27. The zero-order valence-electron chi connectivity index (χ0n) is 12.9. The second kappa shape index (κ2) is 8.62. The van der Waals surface area contributed by atoms with Gasteiger partial charge >= 0.3 is 0 Å². The lowest BCUT2D eigenvalue weighted by atomic mass is 10.2. The van der Waals surface area contributed by atoms with Crippen molar-refractivity contribution in [2.75, 3.05) is 7.11 Å². The molecule has 1 aromatic heterocycles. The van der Waals surface area contributed by atoms with E-state index in [1.165, 1.54) is 18.2 Å². The fourth-order valence-corrected chi connectivity index (χ4v) is 2.68. The third-order valence-corrected chi connectivity index (χ3v) is 4.17. The number of allylic oxidation sites excluding steroid dienone is 1. The van der Waals surface area contributed by atoms with E-state index in [1.807, 2.05) is 29.6 Å². The van der Waals surface area contributed by atoms with E-state index in [4.69, 9.17) is 16.4 Å². The zero-order valence-corrected chi connectivity index (χ0v) is 14.5. The third kappa shape index (κ3) is 5.03. The highest BCUT2D eigenvalue weighted by Crippen LogP contribution is 2.24. The standard InChI is InChI=1S/C17H17ClN2O2S/c1-3-5-17(21)20(22-2)12-13-7-8-14(10-16(13)18)19-11-15-6-4-9-23-15/h3-11H,12H2,1-2H3/b5-3+,19-11?. The summed E-state index contributed by atoms with van der Waals surface area (Å²) in [5, 5.41) is 3.79. The molecule has 0 aliphatic rings. The molecule has 0 radical (unpaired) electrons. The fraction of sp³-hybridized carbons (Fsp3) is 0.176. The molecular formula is C17H17ClN2O2S. The summed E-state index contributed by atoms with van der Waals surface area (Å²) < 4.78 is 0. The van der Waals surface area contributed by atoms with Crippen molar-refractivity contribution in [2.24, 2.45) is 4.99 Å². The molecule has 0 unspecified atom stereocenters. The van der Waals surface area contributed by atoms with E-state index in [-0.39, 0.29) is 12.5 Å². The Kier molecular flexibility index (Phi) is 6.52. The maximum absolute atomic E-state index is 11.8. The van der Waals surface area contributed by atoms with E-state index >= 15 is 0 Å². The van der Waals surface area contributed by atoms with Crippen molar-refractivity contribution in [3.8, 4) is 0 Å². The van der Waals surface area contributed by atoms with Crippen LogP contribution in [0.3, 0.4) is 0 Å². The van der Waals surface area contributed by atoms with Crippen LogP contribution in [0.4, 0.5) is 5.69 Å². The summed E-state index contributed by atoms with van der Waals surface area (Å²) in [6.45, 7) is 2.05. The average molecular weight is 349 g/mol. The molecule has 4 nitrogen and oxygen atoms in total. The number of rotatable bonds is 6. The first-order valence-electron chi connectivity index (χ1n) is 6.98. The van der Waals surface area contributed by atoms with Crippen LogP contribution >= 0.6 is 22.9 Å². The van der Waals surface area contributed by atoms with Gasteiger partial charge in [-0.15, -0.1) is 11.3 Å². The first kappa shape index (κ1) is 17.4. The second-order valence-corrected chi connectivity index (χ2v) is 5.99. The van der Waals surface area contributed by atoms with Crippen LogP contribution in [-0.4, -0.2) is 24.3 Å².